The summed E-state index contributed by atoms with van der Waals surface area (Å²) in [7, 11) is 0. The summed E-state index contributed by atoms with van der Waals surface area (Å²) < 4.78 is 0.414. The third kappa shape index (κ3) is 4.96. The summed E-state index contributed by atoms with van der Waals surface area (Å²) in [6.45, 7) is 0.675. The first kappa shape index (κ1) is 19.1. The third-order valence-electron chi connectivity index (χ3n) is 3.99. The van der Waals surface area contributed by atoms with E-state index in [0.29, 0.717) is 21.3 Å². The highest BCUT2D eigenvalue weighted by Gasteiger charge is 2.32. The van der Waals surface area contributed by atoms with E-state index >= 15 is 0 Å². The highest BCUT2D eigenvalue weighted by Crippen LogP contribution is 2.33. The normalized spacial score (nSPS) is 15.4. The van der Waals surface area contributed by atoms with Crippen LogP contribution >= 0.6 is 24.0 Å². The number of thiocarbonyl (C=S) groups is 1. The van der Waals surface area contributed by atoms with Crippen molar-refractivity contribution in [2.24, 2.45) is 0 Å². The van der Waals surface area contributed by atoms with E-state index in [-0.39, 0.29) is 30.5 Å². The molecular formula is C20H18N2O3S2. The average Bonchev–Trinajstić information content (AvgIpc) is 2.94. The van der Waals surface area contributed by atoms with Gasteiger partial charge in [0.2, 0.25) is 5.91 Å². The van der Waals surface area contributed by atoms with Crippen LogP contribution in [0.3, 0.4) is 0 Å². The van der Waals surface area contributed by atoms with E-state index in [1.807, 2.05) is 30.3 Å². The van der Waals surface area contributed by atoms with E-state index < -0.39 is 0 Å². The van der Waals surface area contributed by atoms with Crippen molar-refractivity contribution in [1.29, 1.82) is 0 Å². The Hall–Kier alpha value is -2.64. The fourth-order valence-electron chi connectivity index (χ4n) is 2.54. The van der Waals surface area contributed by atoms with Gasteiger partial charge in [0.15, 0.2) is 0 Å². The van der Waals surface area contributed by atoms with Crippen molar-refractivity contribution in [3.63, 3.8) is 0 Å². The number of phenols is 1. The molecule has 3 rings (SSSR count). The van der Waals surface area contributed by atoms with Crippen molar-refractivity contribution in [3.8, 4) is 5.75 Å². The largest absolute Gasteiger partial charge is 0.507 e. The Balaban J connectivity index is 1.56. The SMILES string of the molecule is O=C(CCN1C(=O)/C(=C/c2ccccc2O)SC1=S)NCc1ccccc1. The van der Waals surface area contributed by atoms with Gasteiger partial charge in [-0.15, -0.1) is 0 Å². The maximum atomic E-state index is 12.6. The molecule has 0 aliphatic carbocycles. The second-order valence-corrected chi connectivity index (χ2v) is 7.58. The summed E-state index contributed by atoms with van der Waals surface area (Å²) in [4.78, 5) is 26.5. The lowest BCUT2D eigenvalue weighted by atomic mass is 10.2. The van der Waals surface area contributed by atoms with Crippen molar-refractivity contribution in [2.75, 3.05) is 6.54 Å². The smallest absolute Gasteiger partial charge is 0.266 e. The summed E-state index contributed by atoms with van der Waals surface area (Å²) in [5, 5.41) is 12.7. The van der Waals surface area contributed by atoms with Crippen LogP contribution in [0.5, 0.6) is 5.75 Å². The molecule has 7 heteroatoms. The molecule has 2 aromatic carbocycles. The number of nitrogens with zero attached hydrogens (tertiary/aromatic N) is 1. The molecule has 2 N–H and O–H groups in total. The topological polar surface area (TPSA) is 69.6 Å². The fourth-order valence-corrected chi connectivity index (χ4v) is 3.84. The molecule has 1 fully saturated rings. The Bertz CT molecular complexity index is 897. The summed E-state index contributed by atoms with van der Waals surface area (Å²) in [6.07, 6.45) is 1.78. The zero-order chi connectivity index (χ0) is 19.2. The first-order chi connectivity index (χ1) is 13.0. The summed E-state index contributed by atoms with van der Waals surface area (Å²) in [5.74, 6) is -0.287. The van der Waals surface area contributed by atoms with Gasteiger partial charge in [0.05, 0.1) is 4.91 Å². The van der Waals surface area contributed by atoms with Crippen LogP contribution in [0.2, 0.25) is 0 Å². The van der Waals surface area contributed by atoms with Gasteiger partial charge < -0.3 is 10.4 Å². The van der Waals surface area contributed by atoms with Gasteiger partial charge in [-0.1, -0.05) is 72.5 Å². The van der Waals surface area contributed by atoms with E-state index in [4.69, 9.17) is 12.2 Å². The molecule has 0 unspecified atom stereocenters. The van der Waals surface area contributed by atoms with Gasteiger partial charge in [0.1, 0.15) is 10.1 Å². The Morgan fingerprint density at radius 2 is 1.85 bits per heavy atom. The number of aromatic hydroxyl groups is 1. The molecular weight excluding hydrogens is 380 g/mol. The van der Waals surface area contributed by atoms with Crippen molar-refractivity contribution < 1.29 is 14.7 Å². The minimum atomic E-state index is -0.246. The van der Waals surface area contributed by atoms with Gasteiger partial charge in [0, 0.05) is 25.1 Å². The molecule has 138 valence electrons. The number of amides is 2. The first-order valence-corrected chi connectivity index (χ1v) is 9.61. The molecule has 5 nitrogen and oxygen atoms in total. The zero-order valence-corrected chi connectivity index (χ0v) is 16.1. The Morgan fingerprint density at radius 1 is 1.15 bits per heavy atom. The lowest BCUT2D eigenvalue weighted by Gasteiger charge is -2.14. The van der Waals surface area contributed by atoms with Crippen molar-refractivity contribution >= 4 is 46.2 Å². The molecule has 0 aromatic heterocycles. The number of hydrogen-bond acceptors (Lipinski definition) is 5. The van der Waals surface area contributed by atoms with E-state index in [1.165, 1.54) is 16.7 Å². The molecule has 0 radical (unpaired) electrons. The fraction of sp³-hybridized carbons (Fsp3) is 0.150. The quantitative estimate of drug-likeness (QED) is 0.577. The highest BCUT2D eigenvalue weighted by atomic mass is 32.2. The van der Waals surface area contributed by atoms with Crippen LogP contribution in [0, 0.1) is 0 Å². The first-order valence-electron chi connectivity index (χ1n) is 8.38. The van der Waals surface area contributed by atoms with E-state index in [2.05, 4.69) is 5.32 Å². The van der Waals surface area contributed by atoms with Crippen LogP contribution in [0.4, 0.5) is 0 Å². The van der Waals surface area contributed by atoms with Crippen LogP contribution in [0.25, 0.3) is 6.08 Å². The number of rotatable bonds is 6. The lowest BCUT2D eigenvalue weighted by molar-refractivity contribution is -0.123. The number of phenolic OH excluding ortho intramolecular Hbond substituents is 1. The van der Waals surface area contributed by atoms with Crippen molar-refractivity contribution in [3.05, 3.63) is 70.6 Å². The van der Waals surface area contributed by atoms with E-state index in [1.54, 1.807) is 30.3 Å². The molecule has 2 amide bonds. The number of carbonyl (C=O) groups excluding carboxylic acids is 2. The molecule has 0 saturated carbocycles. The molecule has 1 aliphatic heterocycles. The molecule has 0 spiro atoms. The molecule has 1 saturated heterocycles. The van der Waals surface area contributed by atoms with Gasteiger partial charge in [-0.05, 0) is 17.7 Å². The van der Waals surface area contributed by atoms with E-state index in [0.717, 1.165) is 5.56 Å². The molecule has 1 heterocycles. The number of nitrogens with one attached hydrogen (secondary N) is 1. The average molecular weight is 399 g/mol. The molecule has 2 aromatic rings. The Labute approximate surface area is 167 Å². The predicted octanol–water partition coefficient (Wildman–Crippen LogP) is 3.30. The van der Waals surface area contributed by atoms with Gasteiger partial charge >= 0.3 is 0 Å². The van der Waals surface area contributed by atoms with E-state index in [9.17, 15) is 14.7 Å². The second-order valence-electron chi connectivity index (χ2n) is 5.90. The molecule has 1 aliphatic rings. The van der Waals surface area contributed by atoms with Crippen LogP contribution < -0.4 is 5.32 Å². The number of carbonyl (C=O) groups is 2. The van der Waals surface area contributed by atoms with Crippen LogP contribution in [0.1, 0.15) is 17.5 Å². The van der Waals surface area contributed by atoms with Crippen LogP contribution in [0.15, 0.2) is 59.5 Å². The summed E-state index contributed by atoms with van der Waals surface area (Å²) in [6, 6.07) is 16.4. The number of para-hydroxylation sites is 1. The number of thioether (sulfide) groups is 1. The predicted molar refractivity (Wildman–Crippen MR) is 111 cm³/mol. The minimum Gasteiger partial charge on any atom is -0.507 e. The molecule has 0 atom stereocenters. The highest BCUT2D eigenvalue weighted by molar-refractivity contribution is 8.26. The standard InChI is InChI=1S/C20H18N2O3S2/c23-16-9-5-4-8-15(16)12-17-19(25)22(20(26)27-17)11-10-18(24)21-13-14-6-2-1-3-7-14/h1-9,12,23H,10-11,13H2,(H,21,24)/b17-12-. The van der Waals surface area contributed by atoms with Gasteiger partial charge in [-0.3, -0.25) is 14.5 Å². The van der Waals surface area contributed by atoms with Crippen LogP contribution in [-0.2, 0) is 16.1 Å². The van der Waals surface area contributed by atoms with Gasteiger partial charge in [0.25, 0.3) is 5.91 Å². The summed E-state index contributed by atoms with van der Waals surface area (Å²) in [5.41, 5.74) is 1.57. The van der Waals surface area contributed by atoms with Gasteiger partial charge in [-0.2, -0.15) is 0 Å². The second kappa shape index (κ2) is 8.83. The minimum absolute atomic E-state index is 0.100. The zero-order valence-electron chi connectivity index (χ0n) is 14.4. The lowest BCUT2D eigenvalue weighted by Crippen LogP contribution is -2.33. The van der Waals surface area contributed by atoms with Crippen LogP contribution in [-0.4, -0.2) is 32.7 Å². The number of hydrogen-bond donors (Lipinski definition) is 2. The Kier molecular flexibility index (Phi) is 6.26. The Morgan fingerprint density at radius 3 is 2.59 bits per heavy atom. The third-order valence-corrected chi connectivity index (χ3v) is 5.37. The molecule has 0 bridgehead atoms. The van der Waals surface area contributed by atoms with Crippen molar-refractivity contribution in [2.45, 2.75) is 13.0 Å². The monoisotopic (exact) mass is 398 g/mol. The van der Waals surface area contributed by atoms with Gasteiger partial charge in [-0.25, -0.2) is 0 Å². The maximum Gasteiger partial charge on any atom is 0.266 e. The van der Waals surface area contributed by atoms with Crippen molar-refractivity contribution in [1.82, 2.24) is 10.2 Å². The maximum absolute atomic E-state index is 12.6. The molecule has 27 heavy (non-hydrogen) atoms. The summed E-state index contributed by atoms with van der Waals surface area (Å²) >= 11 is 6.44. The number of benzene rings is 2.